The van der Waals surface area contributed by atoms with E-state index in [4.69, 9.17) is 0 Å². The molecule has 0 bridgehead atoms. The number of halogens is 10. The molecule has 22 heavy (non-hydrogen) atoms. The molecule has 2 atom stereocenters. The molecule has 1 rings (SSSR count). The summed E-state index contributed by atoms with van der Waals surface area (Å²) in [6.45, 7) is 0. The highest BCUT2D eigenvalue weighted by Crippen LogP contribution is 2.68. The fraction of sp³-hybridized carbons (Fsp3) is 0.750. The predicted octanol–water partition coefficient (Wildman–Crippen LogP) is 0.928. The van der Waals surface area contributed by atoms with E-state index in [2.05, 4.69) is 11.5 Å². The Kier molecular flexibility index (Phi) is 3.29. The summed E-state index contributed by atoms with van der Waals surface area (Å²) < 4.78 is 133. The number of amides is 2. The Hall–Kier alpha value is -1.76. The van der Waals surface area contributed by atoms with Gasteiger partial charge in [0.25, 0.3) is 11.8 Å². The van der Waals surface area contributed by atoms with Gasteiger partial charge < -0.3 is 11.5 Å². The molecule has 0 radical (unpaired) electrons. The van der Waals surface area contributed by atoms with E-state index >= 15 is 0 Å². The molecule has 0 heterocycles. The van der Waals surface area contributed by atoms with Crippen LogP contribution >= 0.6 is 0 Å². The number of hydrogen-bond acceptors (Lipinski definition) is 2. The van der Waals surface area contributed by atoms with Crippen LogP contribution in [0.4, 0.5) is 43.9 Å². The largest absolute Gasteiger partial charge is 0.382 e. The Morgan fingerprint density at radius 1 is 0.500 bits per heavy atom. The molecule has 128 valence electrons. The molecular formula is C8H4F10N2O2. The zero-order valence-electron chi connectivity index (χ0n) is 9.75. The van der Waals surface area contributed by atoms with Gasteiger partial charge in [-0.05, 0) is 0 Å². The topological polar surface area (TPSA) is 86.2 Å². The minimum absolute atomic E-state index is 3.55. The molecule has 0 spiro atoms. The Bertz CT molecular complexity index is 501. The summed E-state index contributed by atoms with van der Waals surface area (Å²) in [6, 6.07) is 0. The summed E-state index contributed by atoms with van der Waals surface area (Å²) in [7, 11) is 0. The van der Waals surface area contributed by atoms with E-state index in [9.17, 15) is 53.5 Å². The summed E-state index contributed by atoms with van der Waals surface area (Å²) in [5.74, 6) is -35.9. The van der Waals surface area contributed by atoms with Crippen LogP contribution < -0.4 is 11.5 Å². The van der Waals surface area contributed by atoms with Crippen molar-refractivity contribution in [1.29, 1.82) is 0 Å². The van der Waals surface area contributed by atoms with E-state index in [1.165, 1.54) is 0 Å². The van der Waals surface area contributed by atoms with Crippen LogP contribution in [0.3, 0.4) is 0 Å². The van der Waals surface area contributed by atoms with E-state index in [0.29, 0.717) is 0 Å². The van der Waals surface area contributed by atoms with Crippen molar-refractivity contribution in [1.82, 2.24) is 0 Å². The molecule has 1 fully saturated rings. The number of rotatable bonds is 2. The fourth-order valence-electron chi connectivity index (χ4n) is 1.91. The van der Waals surface area contributed by atoms with Crippen molar-refractivity contribution in [2.75, 3.05) is 0 Å². The molecule has 2 amide bonds. The number of carbonyl (C=O) groups is 2. The molecule has 0 aromatic rings. The Morgan fingerprint density at radius 3 is 0.818 bits per heavy atom. The van der Waals surface area contributed by atoms with Gasteiger partial charge in [0, 0.05) is 0 Å². The van der Waals surface area contributed by atoms with Gasteiger partial charge in [-0.3, -0.25) is 9.59 Å². The van der Waals surface area contributed by atoms with Gasteiger partial charge in [-0.2, -0.15) is 35.1 Å². The molecule has 0 aromatic heterocycles. The molecule has 1 aliphatic rings. The number of hydrogen-bond donors (Lipinski definition) is 2. The predicted molar refractivity (Wildman–Crippen MR) is 45.9 cm³/mol. The van der Waals surface area contributed by atoms with Crippen LogP contribution in [-0.2, 0) is 9.59 Å². The summed E-state index contributed by atoms with van der Waals surface area (Å²) in [5.41, 5.74) is -5.35. The number of alkyl halides is 10. The molecule has 4 N–H and O–H groups in total. The van der Waals surface area contributed by atoms with Gasteiger partial charge in [0.2, 0.25) is 0 Å². The van der Waals surface area contributed by atoms with Crippen molar-refractivity contribution >= 4 is 11.8 Å². The molecule has 0 aliphatic heterocycles. The zero-order chi connectivity index (χ0) is 18.2. The maximum atomic E-state index is 13.9. The normalized spacial score (nSPS) is 38.3. The Labute approximate surface area is 113 Å². The average molecular weight is 350 g/mol. The maximum Gasteiger partial charge on any atom is 0.382 e. The molecule has 14 heteroatoms. The summed E-state index contributed by atoms with van der Waals surface area (Å²) in [4.78, 5) is 21.2. The first-order valence-corrected chi connectivity index (χ1v) is 4.88. The second kappa shape index (κ2) is 3.95. The van der Waals surface area contributed by atoms with E-state index in [1.54, 1.807) is 0 Å². The molecule has 4 nitrogen and oxygen atoms in total. The minimum atomic E-state index is -7.28. The number of primary amides is 2. The first-order chi connectivity index (χ1) is 9.39. The molecule has 1 saturated carbocycles. The van der Waals surface area contributed by atoms with Gasteiger partial charge in [0.1, 0.15) is 0 Å². The number of carbonyl (C=O) groups excluding carboxylic acids is 2. The van der Waals surface area contributed by atoms with Crippen LogP contribution in [0.25, 0.3) is 0 Å². The minimum Gasteiger partial charge on any atom is -0.367 e. The van der Waals surface area contributed by atoms with Gasteiger partial charge in [-0.15, -0.1) is 0 Å². The van der Waals surface area contributed by atoms with E-state index < -0.39 is 46.8 Å². The first-order valence-electron chi connectivity index (χ1n) is 4.88. The standard InChI is InChI=1S/C8H4F10N2O2/c9-3(1(19)21)4(10,2(20)22)6(13,14)8(17,18)7(15,16)5(3,11)12/h(H2,19,21)(H2,20,22). The van der Waals surface area contributed by atoms with Crippen LogP contribution in [0, 0.1) is 0 Å². The van der Waals surface area contributed by atoms with Gasteiger partial charge in [-0.25, -0.2) is 8.78 Å². The van der Waals surface area contributed by atoms with Crippen molar-refractivity contribution in [3.63, 3.8) is 0 Å². The molecular weight excluding hydrogens is 346 g/mol. The highest BCUT2D eigenvalue weighted by Gasteiger charge is 3.03. The molecule has 0 aromatic carbocycles. The van der Waals surface area contributed by atoms with Gasteiger partial charge in [-0.1, -0.05) is 0 Å². The van der Waals surface area contributed by atoms with Crippen LogP contribution in [0.1, 0.15) is 0 Å². The second-order valence-corrected chi connectivity index (χ2v) is 4.34. The molecule has 2 unspecified atom stereocenters. The SMILES string of the molecule is NC(=O)C1(F)C(F)(F)C(F)(F)C(F)(F)C(F)(F)C1(F)C(N)=O. The van der Waals surface area contributed by atoms with Crippen LogP contribution in [0.2, 0.25) is 0 Å². The van der Waals surface area contributed by atoms with E-state index in [-0.39, 0.29) is 0 Å². The van der Waals surface area contributed by atoms with Crippen molar-refractivity contribution < 1.29 is 53.5 Å². The van der Waals surface area contributed by atoms with Crippen molar-refractivity contribution in [3.05, 3.63) is 0 Å². The smallest absolute Gasteiger partial charge is 0.367 e. The third-order valence-corrected chi connectivity index (χ3v) is 3.20. The van der Waals surface area contributed by atoms with E-state index in [0.717, 1.165) is 0 Å². The van der Waals surface area contributed by atoms with Crippen LogP contribution in [0.15, 0.2) is 0 Å². The molecule has 0 saturated heterocycles. The number of nitrogens with two attached hydrogens (primary N) is 2. The first kappa shape index (κ1) is 18.3. The average Bonchev–Trinajstić information content (AvgIpc) is 2.33. The van der Waals surface area contributed by atoms with Crippen molar-refractivity contribution in [2.45, 2.75) is 35.0 Å². The lowest BCUT2D eigenvalue weighted by atomic mass is 9.64. The van der Waals surface area contributed by atoms with Gasteiger partial charge >= 0.3 is 35.0 Å². The third-order valence-electron chi connectivity index (χ3n) is 3.20. The monoisotopic (exact) mass is 350 g/mol. The second-order valence-electron chi connectivity index (χ2n) is 4.34. The lowest BCUT2D eigenvalue weighted by Gasteiger charge is -2.53. The Morgan fingerprint density at radius 2 is 0.682 bits per heavy atom. The molecule has 1 aliphatic carbocycles. The summed E-state index contributed by atoms with van der Waals surface area (Å²) >= 11 is 0. The highest BCUT2D eigenvalue weighted by molar-refractivity contribution is 5.99. The van der Waals surface area contributed by atoms with Crippen LogP contribution in [0.5, 0.6) is 0 Å². The van der Waals surface area contributed by atoms with Crippen molar-refractivity contribution in [2.24, 2.45) is 11.5 Å². The highest BCUT2D eigenvalue weighted by atomic mass is 19.4. The lowest BCUT2D eigenvalue weighted by molar-refractivity contribution is -0.447. The van der Waals surface area contributed by atoms with E-state index in [1.807, 2.05) is 0 Å². The summed E-state index contributed by atoms with van der Waals surface area (Å²) in [5, 5.41) is 0. The van der Waals surface area contributed by atoms with Gasteiger partial charge in [0.15, 0.2) is 0 Å². The fourth-order valence-corrected chi connectivity index (χ4v) is 1.91. The van der Waals surface area contributed by atoms with Crippen molar-refractivity contribution in [3.8, 4) is 0 Å². The van der Waals surface area contributed by atoms with Gasteiger partial charge in [0.05, 0.1) is 0 Å². The third kappa shape index (κ3) is 1.31. The lowest BCUT2D eigenvalue weighted by Crippen LogP contribution is -2.89. The maximum absolute atomic E-state index is 13.9. The zero-order valence-corrected chi connectivity index (χ0v) is 9.75. The Balaban J connectivity index is 4.07. The van der Waals surface area contributed by atoms with Crippen LogP contribution in [-0.4, -0.2) is 46.8 Å². The quantitative estimate of drug-likeness (QED) is 0.726. The summed E-state index contributed by atoms with van der Waals surface area (Å²) in [6.07, 6.45) is 0.